The van der Waals surface area contributed by atoms with Crippen LogP contribution in [0.5, 0.6) is 0 Å². The highest BCUT2D eigenvalue weighted by molar-refractivity contribution is 5.79. The summed E-state index contributed by atoms with van der Waals surface area (Å²) in [4.78, 5) is 6.89. The Balaban J connectivity index is 1.42. The van der Waals surface area contributed by atoms with Gasteiger partial charge in [0.05, 0.1) is 5.60 Å². The van der Waals surface area contributed by atoms with Crippen molar-refractivity contribution in [3.05, 3.63) is 35.4 Å². The summed E-state index contributed by atoms with van der Waals surface area (Å²) in [5.74, 6) is 0.833. The molecule has 1 aromatic rings. The molecule has 5 nitrogen and oxygen atoms in total. The third-order valence-corrected chi connectivity index (χ3v) is 5.49. The molecule has 144 valence electrons. The number of piperidine rings is 1. The molecule has 1 aromatic carbocycles. The molecular weight excluding hydrogens is 324 g/mol. The van der Waals surface area contributed by atoms with Crippen molar-refractivity contribution in [3.63, 3.8) is 0 Å². The molecule has 0 aliphatic carbocycles. The van der Waals surface area contributed by atoms with Gasteiger partial charge in [0.25, 0.3) is 0 Å². The lowest BCUT2D eigenvalue weighted by Gasteiger charge is -2.26. The van der Waals surface area contributed by atoms with E-state index >= 15 is 0 Å². The molecule has 0 radical (unpaired) electrons. The lowest BCUT2D eigenvalue weighted by molar-refractivity contribution is 0.0243. The average Bonchev–Trinajstić information content (AvgIpc) is 3.11. The van der Waals surface area contributed by atoms with Gasteiger partial charge in [0.15, 0.2) is 5.96 Å². The first-order chi connectivity index (χ1) is 12.7. The Morgan fingerprint density at radius 2 is 1.81 bits per heavy atom. The molecule has 5 heteroatoms. The quantitative estimate of drug-likeness (QED) is 0.606. The third-order valence-electron chi connectivity index (χ3n) is 5.49. The van der Waals surface area contributed by atoms with Crippen molar-refractivity contribution >= 4 is 5.96 Å². The SMILES string of the molecule is CN=C(NCc1ccc(CN2CCCCC2)cc1)NCC1(C)CCCO1. The average molecular weight is 359 g/mol. The van der Waals surface area contributed by atoms with Crippen LogP contribution in [-0.2, 0) is 17.8 Å². The Labute approximate surface area is 158 Å². The molecule has 0 bridgehead atoms. The molecule has 0 amide bonds. The first-order valence-electron chi connectivity index (χ1n) is 10.1. The van der Waals surface area contributed by atoms with Crippen LogP contribution in [0.15, 0.2) is 29.3 Å². The topological polar surface area (TPSA) is 48.9 Å². The number of aliphatic imine (C=N–C) groups is 1. The fourth-order valence-corrected chi connectivity index (χ4v) is 3.79. The molecule has 0 spiro atoms. The smallest absolute Gasteiger partial charge is 0.191 e. The number of ether oxygens (including phenoxy) is 1. The van der Waals surface area contributed by atoms with Crippen molar-refractivity contribution in [1.82, 2.24) is 15.5 Å². The van der Waals surface area contributed by atoms with Gasteiger partial charge in [-0.25, -0.2) is 0 Å². The van der Waals surface area contributed by atoms with Crippen molar-refractivity contribution < 1.29 is 4.74 Å². The van der Waals surface area contributed by atoms with Gasteiger partial charge in [0.2, 0.25) is 0 Å². The van der Waals surface area contributed by atoms with E-state index in [4.69, 9.17) is 4.74 Å². The number of hydrogen-bond acceptors (Lipinski definition) is 3. The van der Waals surface area contributed by atoms with Crippen LogP contribution in [0.2, 0.25) is 0 Å². The maximum atomic E-state index is 5.82. The molecule has 2 saturated heterocycles. The Morgan fingerprint density at radius 1 is 1.08 bits per heavy atom. The van der Waals surface area contributed by atoms with Crippen LogP contribution in [0.1, 0.15) is 50.2 Å². The van der Waals surface area contributed by atoms with Crippen LogP contribution in [0, 0.1) is 0 Å². The fraction of sp³-hybridized carbons (Fsp3) is 0.667. The second-order valence-electron chi connectivity index (χ2n) is 7.83. The number of hydrogen-bond donors (Lipinski definition) is 2. The first-order valence-corrected chi connectivity index (χ1v) is 10.1. The van der Waals surface area contributed by atoms with E-state index in [1.54, 1.807) is 0 Å². The highest BCUT2D eigenvalue weighted by atomic mass is 16.5. The van der Waals surface area contributed by atoms with Gasteiger partial charge in [-0.3, -0.25) is 9.89 Å². The van der Waals surface area contributed by atoms with Crippen LogP contribution in [0.3, 0.4) is 0 Å². The summed E-state index contributed by atoms with van der Waals surface area (Å²) < 4.78 is 5.82. The van der Waals surface area contributed by atoms with E-state index in [0.717, 1.165) is 45.0 Å². The highest BCUT2D eigenvalue weighted by Gasteiger charge is 2.29. The number of likely N-dealkylation sites (tertiary alicyclic amines) is 1. The summed E-state index contributed by atoms with van der Waals surface area (Å²) in [6.07, 6.45) is 6.33. The number of benzene rings is 1. The van der Waals surface area contributed by atoms with Crippen LogP contribution >= 0.6 is 0 Å². The number of rotatable bonds is 6. The molecule has 2 aliphatic heterocycles. The van der Waals surface area contributed by atoms with Crippen molar-refractivity contribution in [3.8, 4) is 0 Å². The zero-order valence-corrected chi connectivity index (χ0v) is 16.4. The van der Waals surface area contributed by atoms with Gasteiger partial charge < -0.3 is 15.4 Å². The molecule has 26 heavy (non-hydrogen) atoms. The zero-order valence-electron chi connectivity index (χ0n) is 16.4. The highest BCUT2D eigenvalue weighted by Crippen LogP contribution is 2.23. The zero-order chi connectivity index (χ0) is 18.2. The largest absolute Gasteiger partial charge is 0.373 e. The van der Waals surface area contributed by atoms with Gasteiger partial charge in [-0.15, -0.1) is 0 Å². The molecule has 2 N–H and O–H groups in total. The summed E-state index contributed by atoms with van der Waals surface area (Å²) in [5, 5.41) is 6.80. The van der Waals surface area contributed by atoms with Crippen LogP contribution in [0.25, 0.3) is 0 Å². The lowest BCUT2D eigenvalue weighted by Crippen LogP contribution is -2.45. The molecular formula is C21H34N4O. The minimum Gasteiger partial charge on any atom is -0.373 e. The van der Waals surface area contributed by atoms with Crippen LogP contribution < -0.4 is 10.6 Å². The number of guanidine groups is 1. The molecule has 3 rings (SSSR count). The van der Waals surface area contributed by atoms with Crippen LogP contribution in [-0.4, -0.2) is 49.7 Å². The second-order valence-corrected chi connectivity index (χ2v) is 7.83. The minimum absolute atomic E-state index is 0.0618. The minimum atomic E-state index is -0.0618. The summed E-state index contributed by atoms with van der Waals surface area (Å²) >= 11 is 0. The number of nitrogens with zero attached hydrogens (tertiary/aromatic N) is 2. The Bertz CT molecular complexity index is 572. The van der Waals surface area contributed by atoms with E-state index in [1.165, 1.54) is 43.5 Å². The third kappa shape index (κ3) is 5.71. The summed E-state index contributed by atoms with van der Waals surface area (Å²) in [6, 6.07) is 8.96. The van der Waals surface area contributed by atoms with Gasteiger partial charge in [-0.05, 0) is 56.8 Å². The molecule has 0 saturated carbocycles. The molecule has 1 unspecified atom stereocenters. The maximum Gasteiger partial charge on any atom is 0.191 e. The lowest BCUT2D eigenvalue weighted by atomic mass is 10.0. The van der Waals surface area contributed by atoms with Gasteiger partial charge in [-0.1, -0.05) is 30.7 Å². The normalized spacial score (nSPS) is 24.6. The Kier molecular flexibility index (Phi) is 6.92. The summed E-state index contributed by atoms with van der Waals surface area (Å²) in [7, 11) is 1.81. The van der Waals surface area contributed by atoms with Crippen molar-refractivity contribution in [1.29, 1.82) is 0 Å². The van der Waals surface area contributed by atoms with Gasteiger partial charge in [-0.2, -0.15) is 0 Å². The standard InChI is InChI=1S/C21H34N4O/c1-21(11-6-14-26-21)17-24-20(22-2)23-15-18-7-9-19(10-8-18)16-25-12-4-3-5-13-25/h7-10H,3-6,11-17H2,1-2H3,(H2,22,23,24). The van der Waals surface area contributed by atoms with Crippen molar-refractivity contribution in [2.24, 2.45) is 4.99 Å². The van der Waals surface area contributed by atoms with E-state index in [1.807, 2.05) is 7.05 Å². The van der Waals surface area contributed by atoms with Crippen molar-refractivity contribution in [2.75, 3.05) is 33.3 Å². The molecule has 2 heterocycles. The Hall–Kier alpha value is -1.59. The predicted molar refractivity (Wildman–Crippen MR) is 107 cm³/mol. The van der Waals surface area contributed by atoms with E-state index < -0.39 is 0 Å². The fourth-order valence-electron chi connectivity index (χ4n) is 3.79. The predicted octanol–water partition coefficient (Wildman–Crippen LogP) is 2.91. The van der Waals surface area contributed by atoms with E-state index in [2.05, 4.69) is 51.7 Å². The summed E-state index contributed by atoms with van der Waals surface area (Å²) in [6.45, 7) is 8.18. The maximum absolute atomic E-state index is 5.82. The Morgan fingerprint density at radius 3 is 2.46 bits per heavy atom. The second kappa shape index (κ2) is 9.38. The van der Waals surface area contributed by atoms with E-state index in [9.17, 15) is 0 Å². The first kappa shape index (κ1) is 19.2. The van der Waals surface area contributed by atoms with Gasteiger partial charge in [0.1, 0.15) is 0 Å². The van der Waals surface area contributed by atoms with E-state index in [0.29, 0.717) is 0 Å². The molecule has 2 fully saturated rings. The molecule has 1 atom stereocenters. The summed E-state index contributed by atoms with van der Waals surface area (Å²) in [5.41, 5.74) is 2.62. The monoisotopic (exact) mass is 358 g/mol. The molecule has 2 aliphatic rings. The van der Waals surface area contributed by atoms with Gasteiger partial charge in [0, 0.05) is 33.3 Å². The van der Waals surface area contributed by atoms with E-state index in [-0.39, 0.29) is 5.60 Å². The molecule has 0 aromatic heterocycles. The number of nitrogens with one attached hydrogen (secondary N) is 2. The van der Waals surface area contributed by atoms with Crippen LogP contribution in [0.4, 0.5) is 0 Å². The van der Waals surface area contributed by atoms with Gasteiger partial charge >= 0.3 is 0 Å². The van der Waals surface area contributed by atoms with Crippen molar-refractivity contribution in [2.45, 2.75) is 57.7 Å².